The SMILES string of the molecule is CCNC(=NCc1cccc(NC(=O)CC(C)C)c1)N1CCN(C(=O)C2CCCO2)CC1. The molecule has 2 aliphatic heterocycles. The first-order chi connectivity index (χ1) is 15.5. The fourth-order valence-corrected chi connectivity index (χ4v) is 4.04. The van der Waals surface area contributed by atoms with Crippen LogP contribution in [0.25, 0.3) is 0 Å². The van der Waals surface area contributed by atoms with Gasteiger partial charge in [-0.15, -0.1) is 0 Å². The number of aliphatic imine (C=N–C) groups is 1. The molecule has 1 atom stereocenters. The largest absolute Gasteiger partial charge is 0.368 e. The summed E-state index contributed by atoms with van der Waals surface area (Å²) in [6.45, 7) is 11.0. The molecule has 2 saturated heterocycles. The van der Waals surface area contributed by atoms with Crippen molar-refractivity contribution in [3.05, 3.63) is 29.8 Å². The van der Waals surface area contributed by atoms with Crippen molar-refractivity contribution in [3.8, 4) is 0 Å². The van der Waals surface area contributed by atoms with Crippen LogP contribution >= 0.6 is 0 Å². The predicted molar refractivity (Wildman–Crippen MR) is 126 cm³/mol. The number of piperazine rings is 1. The van der Waals surface area contributed by atoms with Gasteiger partial charge in [-0.25, -0.2) is 4.99 Å². The second-order valence-corrected chi connectivity index (χ2v) is 8.83. The van der Waals surface area contributed by atoms with Crippen LogP contribution in [0.1, 0.15) is 45.6 Å². The normalized spacial score (nSPS) is 19.4. The second kappa shape index (κ2) is 11.9. The highest BCUT2D eigenvalue weighted by atomic mass is 16.5. The van der Waals surface area contributed by atoms with Crippen LogP contribution in [0.5, 0.6) is 0 Å². The zero-order valence-corrected chi connectivity index (χ0v) is 19.6. The molecule has 2 aliphatic rings. The number of amides is 2. The molecular weight excluding hydrogens is 406 g/mol. The number of anilines is 1. The molecule has 0 aliphatic carbocycles. The number of carbonyl (C=O) groups is 2. The van der Waals surface area contributed by atoms with E-state index >= 15 is 0 Å². The van der Waals surface area contributed by atoms with Crippen molar-refractivity contribution >= 4 is 23.5 Å². The Hall–Kier alpha value is -2.61. The maximum absolute atomic E-state index is 12.6. The lowest BCUT2D eigenvalue weighted by Crippen LogP contribution is -2.55. The van der Waals surface area contributed by atoms with E-state index in [1.165, 1.54) is 0 Å². The molecule has 0 aromatic heterocycles. The minimum atomic E-state index is -0.253. The van der Waals surface area contributed by atoms with Crippen molar-refractivity contribution in [2.45, 2.75) is 52.7 Å². The summed E-state index contributed by atoms with van der Waals surface area (Å²) < 4.78 is 5.55. The first kappa shape index (κ1) is 24.0. The van der Waals surface area contributed by atoms with Gasteiger partial charge in [0.2, 0.25) is 5.91 Å². The summed E-state index contributed by atoms with van der Waals surface area (Å²) in [5.41, 5.74) is 1.84. The van der Waals surface area contributed by atoms with Gasteiger partial charge in [0.05, 0.1) is 6.54 Å². The summed E-state index contributed by atoms with van der Waals surface area (Å²) in [4.78, 5) is 33.6. The minimum Gasteiger partial charge on any atom is -0.368 e. The van der Waals surface area contributed by atoms with Gasteiger partial charge in [0.1, 0.15) is 6.10 Å². The molecule has 2 N–H and O–H groups in total. The highest BCUT2D eigenvalue weighted by Crippen LogP contribution is 2.17. The zero-order valence-electron chi connectivity index (χ0n) is 19.6. The Labute approximate surface area is 191 Å². The number of nitrogens with one attached hydrogen (secondary N) is 2. The number of benzene rings is 1. The number of carbonyl (C=O) groups excluding carboxylic acids is 2. The molecule has 8 nitrogen and oxygen atoms in total. The van der Waals surface area contributed by atoms with E-state index in [-0.39, 0.29) is 17.9 Å². The molecule has 176 valence electrons. The Kier molecular flexibility index (Phi) is 8.90. The summed E-state index contributed by atoms with van der Waals surface area (Å²) in [5.74, 6) is 1.34. The zero-order chi connectivity index (χ0) is 22.9. The molecule has 1 unspecified atom stereocenters. The van der Waals surface area contributed by atoms with Gasteiger partial charge in [-0.1, -0.05) is 26.0 Å². The molecule has 0 bridgehead atoms. The smallest absolute Gasteiger partial charge is 0.251 e. The van der Waals surface area contributed by atoms with Crippen molar-refractivity contribution in [3.63, 3.8) is 0 Å². The fourth-order valence-electron chi connectivity index (χ4n) is 4.04. The fraction of sp³-hybridized carbons (Fsp3) is 0.625. The Morgan fingerprint density at radius 3 is 2.59 bits per heavy atom. The van der Waals surface area contributed by atoms with Gasteiger partial charge >= 0.3 is 0 Å². The van der Waals surface area contributed by atoms with Crippen LogP contribution in [-0.2, 0) is 20.9 Å². The quantitative estimate of drug-likeness (QED) is 0.499. The third kappa shape index (κ3) is 6.95. The lowest BCUT2D eigenvalue weighted by Gasteiger charge is -2.37. The molecule has 1 aromatic carbocycles. The first-order valence-electron chi connectivity index (χ1n) is 11.8. The van der Waals surface area contributed by atoms with Crippen molar-refractivity contribution in [1.29, 1.82) is 0 Å². The van der Waals surface area contributed by atoms with Crippen LogP contribution < -0.4 is 10.6 Å². The van der Waals surface area contributed by atoms with Gasteiger partial charge in [0.25, 0.3) is 5.91 Å². The average molecular weight is 444 g/mol. The number of ether oxygens (including phenoxy) is 1. The molecule has 0 spiro atoms. The first-order valence-corrected chi connectivity index (χ1v) is 11.8. The van der Waals surface area contributed by atoms with E-state index in [1.54, 1.807) is 0 Å². The second-order valence-electron chi connectivity index (χ2n) is 8.83. The molecule has 0 saturated carbocycles. The van der Waals surface area contributed by atoms with Gasteiger partial charge in [-0.05, 0) is 43.4 Å². The third-order valence-corrected chi connectivity index (χ3v) is 5.65. The Balaban J connectivity index is 1.56. The maximum atomic E-state index is 12.6. The molecule has 2 heterocycles. The van der Waals surface area contributed by atoms with Crippen molar-refractivity contribution in [2.24, 2.45) is 10.9 Å². The van der Waals surface area contributed by atoms with Crippen LogP contribution in [-0.4, -0.2) is 73.0 Å². The van der Waals surface area contributed by atoms with Gasteiger partial charge in [0.15, 0.2) is 5.96 Å². The maximum Gasteiger partial charge on any atom is 0.251 e. The van der Waals surface area contributed by atoms with Crippen LogP contribution in [0.15, 0.2) is 29.3 Å². The van der Waals surface area contributed by atoms with E-state index in [4.69, 9.17) is 9.73 Å². The van der Waals surface area contributed by atoms with Crippen molar-refractivity contribution in [2.75, 3.05) is 44.6 Å². The standard InChI is InChI=1S/C24H37N5O3/c1-4-25-24(29-12-10-28(11-13-29)23(31)21-9-6-14-32-21)26-17-19-7-5-8-20(16-19)27-22(30)15-18(2)3/h5,7-8,16,18,21H,4,6,9-15,17H2,1-3H3,(H,25,26)(H,27,30). The molecule has 8 heteroatoms. The van der Waals surface area contributed by atoms with E-state index < -0.39 is 0 Å². The van der Waals surface area contributed by atoms with Crippen LogP contribution in [0, 0.1) is 5.92 Å². The van der Waals surface area contributed by atoms with Gasteiger partial charge in [-0.2, -0.15) is 0 Å². The summed E-state index contributed by atoms with van der Waals surface area (Å²) in [6.07, 6.45) is 2.06. The molecule has 2 fully saturated rings. The van der Waals surface area contributed by atoms with Crippen LogP contribution in [0.3, 0.4) is 0 Å². The summed E-state index contributed by atoms with van der Waals surface area (Å²) >= 11 is 0. The Morgan fingerprint density at radius 2 is 1.94 bits per heavy atom. The predicted octanol–water partition coefficient (Wildman–Crippen LogP) is 2.46. The highest BCUT2D eigenvalue weighted by molar-refractivity contribution is 5.90. The van der Waals surface area contributed by atoms with Crippen LogP contribution in [0.2, 0.25) is 0 Å². The molecule has 32 heavy (non-hydrogen) atoms. The monoisotopic (exact) mass is 443 g/mol. The average Bonchev–Trinajstić information content (AvgIpc) is 3.31. The number of nitrogens with zero attached hydrogens (tertiary/aromatic N) is 3. The molecule has 2 amide bonds. The highest BCUT2D eigenvalue weighted by Gasteiger charge is 2.30. The minimum absolute atomic E-state index is 0.0319. The lowest BCUT2D eigenvalue weighted by atomic mass is 10.1. The van der Waals surface area contributed by atoms with Crippen molar-refractivity contribution < 1.29 is 14.3 Å². The summed E-state index contributed by atoms with van der Waals surface area (Å²) in [7, 11) is 0. The molecule has 3 rings (SSSR count). The number of rotatable bonds is 7. The molecule has 1 aromatic rings. The van der Waals surface area contributed by atoms with Crippen molar-refractivity contribution in [1.82, 2.24) is 15.1 Å². The molecule has 0 radical (unpaired) electrons. The van der Waals surface area contributed by atoms with Gasteiger partial charge < -0.3 is 25.2 Å². The number of hydrogen-bond donors (Lipinski definition) is 2. The molecular formula is C24H37N5O3. The van der Waals surface area contributed by atoms with E-state index in [0.717, 1.165) is 49.7 Å². The number of hydrogen-bond acceptors (Lipinski definition) is 4. The van der Waals surface area contributed by atoms with Crippen LogP contribution in [0.4, 0.5) is 5.69 Å². The summed E-state index contributed by atoms with van der Waals surface area (Å²) in [5, 5.41) is 6.34. The Morgan fingerprint density at radius 1 is 1.19 bits per heavy atom. The summed E-state index contributed by atoms with van der Waals surface area (Å²) in [6, 6.07) is 7.84. The Bertz CT molecular complexity index is 797. The van der Waals surface area contributed by atoms with E-state index in [0.29, 0.717) is 38.6 Å². The van der Waals surface area contributed by atoms with E-state index in [1.807, 2.05) is 43.0 Å². The number of guanidine groups is 1. The topological polar surface area (TPSA) is 86.3 Å². The van der Waals surface area contributed by atoms with E-state index in [9.17, 15) is 9.59 Å². The lowest BCUT2D eigenvalue weighted by molar-refractivity contribution is -0.142. The van der Waals surface area contributed by atoms with E-state index in [2.05, 4.69) is 22.5 Å². The van der Waals surface area contributed by atoms with Gasteiger partial charge in [-0.3, -0.25) is 9.59 Å². The van der Waals surface area contributed by atoms with Gasteiger partial charge in [0, 0.05) is 51.4 Å². The third-order valence-electron chi connectivity index (χ3n) is 5.65.